The number of sulfone groups is 1. The van der Waals surface area contributed by atoms with Gasteiger partial charge in [-0.05, 0) is 48.5 Å². The summed E-state index contributed by atoms with van der Waals surface area (Å²) in [5.41, 5.74) is 5.47. The summed E-state index contributed by atoms with van der Waals surface area (Å²) in [7, 11) is -4.04. The summed E-state index contributed by atoms with van der Waals surface area (Å²) in [5.74, 6) is -1.05. The van der Waals surface area contributed by atoms with Crippen LogP contribution in [0.15, 0.2) is 58.7 Å². The fourth-order valence-electron chi connectivity index (χ4n) is 3.40. The van der Waals surface area contributed by atoms with Gasteiger partial charge in [0.15, 0.2) is 9.84 Å². The molecule has 2 N–H and O–H groups in total. The molecule has 2 unspecified atom stereocenters. The molecule has 160 valence electrons. The van der Waals surface area contributed by atoms with Crippen LogP contribution in [-0.4, -0.2) is 55.0 Å². The number of ketones is 2. The van der Waals surface area contributed by atoms with E-state index in [4.69, 9.17) is 23.2 Å². The highest BCUT2D eigenvalue weighted by atomic mass is 35.5. The van der Waals surface area contributed by atoms with Crippen LogP contribution in [0.5, 0.6) is 0 Å². The molecule has 8 nitrogen and oxygen atoms in total. The van der Waals surface area contributed by atoms with E-state index in [1.165, 1.54) is 48.5 Å². The zero-order valence-electron chi connectivity index (χ0n) is 15.9. The summed E-state index contributed by atoms with van der Waals surface area (Å²) >= 11 is 11.7. The quantitative estimate of drug-likeness (QED) is 0.614. The molecule has 0 aromatic heterocycles. The third-order valence-electron chi connectivity index (χ3n) is 5.03. The predicted octanol–water partition coefficient (Wildman–Crippen LogP) is 2.13. The molecule has 0 amide bonds. The fourth-order valence-corrected chi connectivity index (χ4v) is 5.60. The first-order valence-electron chi connectivity index (χ1n) is 9.23. The van der Waals surface area contributed by atoms with Gasteiger partial charge in [0.05, 0.1) is 13.1 Å². The molecule has 4 rings (SSSR count). The van der Waals surface area contributed by atoms with Crippen molar-refractivity contribution in [2.75, 3.05) is 13.1 Å². The lowest BCUT2D eigenvalue weighted by Crippen LogP contribution is -2.46. The van der Waals surface area contributed by atoms with E-state index in [-0.39, 0.29) is 35.6 Å². The van der Waals surface area contributed by atoms with Crippen molar-refractivity contribution in [1.29, 1.82) is 0 Å². The summed E-state index contributed by atoms with van der Waals surface area (Å²) in [5, 5.41) is 6.34. The van der Waals surface area contributed by atoms with E-state index in [1.54, 1.807) is 0 Å². The third kappa shape index (κ3) is 4.08. The molecule has 0 saturated carbocycles. The molecule has 2 aliphatic heterocycles. The second-order valence-corrected chi connectivity index (χ2v) is 10.1. The van der Waals surface area contributed by atoms with E-state index in [0.29, 0.717) is 10.0 Å². The summed E-state index contributed by atoms with van der Waals surface area (Å²) in [6.45, 7) is -0.147. The largest absolute Gasteiger partial charge is 0.308 e. The molecule has 0 saturated heterocycles. The van der Waals surface area contributed by atoms with Crippen molar-refractivity contribution >= 4 is 56.0 Å². The molecule has 2 aromatic carbocycles. The van der Waals surface area contributed by atoms with Gasteiger partial charge in [-0.15, -0.1) is 0 Å². The molecule has 0 fully saturated rings. The van der Waals surface area contributed by atoms with E-state index >= 15 is 0 Å². The second kappa shape index (κ2) is 8.41. The Morgan fingerprint density at radius 1 is 0.742 bits per heavy atom. The number of halogens is 2. The fraction of sp³-hybridized carbons (Fsp3) is 0.200. The van der Waals surface area contributed by atoms with E-state index in [2.05, 4.69) is 21.1 Å². The van der Waals surface area contributed by atoms with Gasteiger partial charge in [-0.1, -0.05) is 23.2 Å². The number of hydrogen-bond donors (Lipinski definition) is 2. The molecule has 0 aliphatic carbocycles. The van der Waals surface area contributed by atoms with Gasteiger partial charge in [0.2, 0.25) is 11.6 Å². The van der Waals surface area contributed by atoms with E-state index in [1.807, 2.05) is 0 Å². The van der Waals surface area contributed by atoms with Crippen LogP contribution < -0.4 is 10.9 Å². The van der Waals surface area contributed by atoms with Crippen LogP contribution in [0.1, 0.15) is 20.7 Å². The van der Waals surface area contributed by atoms with E-state index in [0.717, 1.165) is 0 Å². The zero-order chi connectivity index (χ0) is 22.2. The van der Waals surface area contributed by atoms with Gasteiger partial charge in [0.25, 0.3) is 0 Å². The minimum absolute atomic E-state index is 0.0735. The molecule has 0 bridgehead atoms. The molecule has 31 heavy (non-hydrogen) atoms. The minimum Gasteiger partial charge on any atom is -0.308 e. The molecule has 2 atom stereocenters. The smallest absolute Gasteiger partial charge is 0.210 e. The van der Waals surface area contributed by atoms with Crippen LogP contribution in [-0.2, 0) is 9.84 Å². The maximum Gasteiger partial charge on any atom is 0.210 e. The van der Waals surface area contributed by atoms with Gasteiger partial charge in [0, 0.05) is 21.2 Å². The minimum atomic E-state index is -4.04. The Balaban J connectivity index is 1.61. The normalized spacial score (nSPS) is 20.5. The van der Waals surface area contributed by atoms with Gasteiger partial charge < -0.3 is 10.9 Å². The van der Waals surface area contributed by atoms with Gasteiger partial charge in [-0.2, -0.15) is 10.2 Å². The second-order valence-electron chi connectivity index (χ2n) is 6.96. The highest BCUT2D eigenvalue weighted by molar-refractivity contribution is 7.94. The van der Waals surface area contributed by atoms with E-state index in [9.17, 15) is 18.0 Å². The first kappa shape index (κ1) is 21.5. The van der Waals surface area contributed by atoms with Crippen LogP contribution >= 0.6 is 23.2 Å². The van der Waals surface area contributed by atoms with Gasteiger partial charge >= 0.3 is 0 Å². The van der Waals surface area contributed by atoms with Crippen LogP contribution in [0.25, 0.3) is 0 Å². The Hall–Kier alpha value is -2.75. The first-order chi connectivity index (χ1) is 14.8. The number of carbonyl (C=O) groups is 2. The average Bonchev–Trinajstić information content (AvgIpc) is 3.44. The maximum atomic E-state index is 13.4. The van der Waals surface area contributed by atoms with Crippen molar-refractivity contribution < 1.29 is 18.0 Å². The van der Waals surface area contributed by atoms with Gasteiger partial charge in [-0.3, -0.25) is 9.59 Å². The molecular formula is C20H16Cl2N4O4S. The van der Waals surface area contributed by atoms with Crippen LogP contribution in [0.3, 0.4) is 0 Å². The number of hydrogen-bond acceptors (Lipinski definition) is 8. The zero-order valence-corrected chi connectivity index (χ0v) is 18.2. The topological polar surface area (TPSA) is 117 Å². The summed E-state index contributed by atoms with van der Waals surface area (Å²) in [6.07, 6.45) is 0. The Kier molecular flexibility index (Phi) is 5.83. The van der Waals surface area contributed by atoms with Crippen molar-refractivity contribution in [3.8, 4) is 0 Å². The van der Waals surface area contributed by atoms with Crippen LogP contribution in [0.4, 0.5) is 0 Å². The van der Waals surface area contributed by atoms with Gasteiger partial charge in [-0.25, -0.2) is 8.42 Å². The highest BCUT2D eigenvalue weighted by Gasteiger charge is 2.47. The lowest BCUT2D eigenvalue weighted by Gasteiger charge is -2.18. The molecule has 0 radical (unpaired) electrons. The van der Waals surface area contributed by atoms with Crippen molar-refractivity contribution in [2.24, 2.45) is 10.2 Å². The molecule has 0 spiro atoms. The predicted molar refractivity (Wildman–Crippen MR) is 119 cm³/mol. The molecule has 2 aromatic rings. The average molecular weight is 479 g/mol. The summed E-state index contributed by atoms with van der Waals surface area (Å²) < 4.78 is 26.9. The number of nitrogens with one attached hydrogen (secondary N) is 2. The Bertz CT molecular complexity index is 1120. The number of hydrazone groups is 2. The number of Topliss-reactive ketones (excluding diaryl/α,β-unsaturated/α-hetero) is 2. The van der Waals surface area contributed by atoms with E-state index < -0.39 is 31.9 Å². The Labute approximate surface area is 188 Å². The number of carbonyl (C=O) groups excluding carboxylic acids is 2. The van der Waals surface area contributed by atoms with Gasteiger partial charge in [0.1, 0.15) is 21.9 Å². The Morgan fingerprint density at radius 2 is 1.10 bits per heavy atom. The number of nitrogens with zero attached hydrogens (tertiary/aromatic N) is 2. The highest BCUT2D eigenvalue weighted by Crippen LogP contribution is 2.22. The summed E-state index contributed by atoms with van der Waals surface area (Å²) in [6, 6.07) is 12.2. The molecule has 2 heterocycles. The van der Waals surface area contributed by atoms with Crippen molar-refractivity contribution in [2.45, 2.75) is 10.5 Å². The van der Waals surface area contributed by atoms with Crippen molar-refractivity contribution in [3.63, 3.8) is 0 Å². The summed E-state index contributed by atoms with van der Waals surface area (Å²) in [4.78, 5) is 25.8. The monoisotopic (exact) mass is 478 g/mol. The molecule has 11 heteroatoms. The third-order valence-corrected chi connectivity index (χ3v) is 7.90. The lowest BCUT2D eigenvalue weighted by atomic mass is 10.0. The first-order valence-corrected chi connectivity index (χ1v) is 11.6. The van der Waals surface area contributed by atoms with Crippen LogP contribution in [0.2, 0.25) is 10.0 Å². The number of benzene rings is 2. The van der Waals surface area contributed by atoms with Crippen molar-refractivity contribution in [3.05, 3.63) is 69.7 Å². The standard InChI is InChI=1S/C20H16Cl2N4O4S/c21-13-5-1-11(2-6-13)19(27)17-15(9-23-25-17)31(29,30)16-10-24-26-18(16)20(28)12-3-7-14(22)8-4-12/h1-8,15-16,23-24H,9-10H2. The lowest BCUT2D eigenvalue weighted by molar-refractivity contribution is 0.105. The molecular weight excluding hydrogens is 463 g/mol. The van der Waals surface area contributed by atoms with Crippen LogP contribution in [0, 0.1) is 0 Å². The molecule has 2 aliphatic rings. The SMILES string of the molecule is O=C(C1=NNCC1S(=O)(=O)C1CNN=C1C(=O)c1ccc(Cl)cc1)c1ccc(Cl)cc1. The Morgan fingerprint density at radius 3 is 1.45 bits per heavy atom. The van der Waals surface area contributed by atoms with Crippen molar-refractivity contribution in [1.82, 2.24) is 10.9 Å². The maximum absolute atomic E-state index is 13.4. The number of rotatable bonds is 6.